The van der Waals surface area contributed by atoms with Gasteiger partial charge in [-0.25, -0.2) is 4.98 Å². The van der Waals surface area contributed by atoms with Crippen LogP contribution in [0.1, 0.15) is 4.88 Å². The van der Waals surface area contributed by atoms with Gasteiger partial charge in [0.05, 0.1) is 0 Å². The highest BCUT2D eigenvalue weighted by Gasteiger charge is 2.11. The van der Waals surface area contributed by atoms with Crippen LogP contribution in [0.2, 0.25) is 0 Å². The summed E-state index contributed by atoms with van der Waals surface area (Å²) in [4.78, 5) is 7.58. The molecule has 0 aliphatic heterocycles. The third-order valence-electron chi connectivity index (χ3n) is 2.30. The van der Waals surface area contributed by atoms with Gasteiger partial charge in [-0.1, -0.05) is 0 Å². The van der Waals surface area contributed by atoms with Crippen LogP contribution in [0, 0.1) is 0 Å². The summed E-state index contributed by atoms with van der Waals surface area (Å²) in [5, 5.41) is 4.05. The van der Waals surface area contributed by atoms with Gasteiger partial charge in [-0.05, 0) is 0 Å². The standard InChI is InChI=1S/C10H16N6OS3/c1-16(2)10-13-5-7(19-10)6-18-4-3-12-9-8(11)14-20(17)15-9/h5H,3-4,6H2,1-2H3,(H2,11,14)(H,12,15). The summed E-state index contributed by atoms with van der Waals surface area (Å²) in [5.74, 6) is 2.46. The van der Waals surface area contributed by atoms with Crippen molar-refractivity contribution in [3.8, 4) is 0 Å². The van der Waals surface area contributed by atoms with Crippen LogP contribution in [0.4, 0.5) is 16.8 Å². The fraction of sp³-hybridized carbons (Fsp3) is 0.500. The largest absolute Gasteiger partial charge is 0.546 e. The molecule has 110 valence electrons. The van der Waals surface area contributed by atoms with E-state index in [1.165, 1.54) is 4.88 Å². The number of rotatable bonds is 7. The Morgan fingerprint density at radius 1 is 1.50 bits per heavy atom. The van der Waals surface area contributed by atoms with Gasteiger partial charge >= 0.3 is 0 Å². The average molecular weight is 332 g/mol. The van der Waals surface area contributed by atoms with Gasteiger partial charge < -0.3 is 20.5 Å². The average Bonchev–Trinajstić information content (AvgIpc) is 2.96. The van der Waals surface area contributed by atoms with Crippen molar-refractivity contribution < 1.29 is 4.55 Å². The first-order chi connectivity index (χ1) is 9.56. The van der Waals surface area contributed by atoms with Crippen LogP contribution < -0.4 is 16.0 Å². The van der Waals surface area contributed by atoms with Crippen molar-refractivity contribution in [1.82, 2.24) is 13.7 Å². The first kappa shape index (κ1) is 15.3. The van der Waals surface area contributed by atoms with Crippen LogP contribution in [-0.4, -0.2) is 44.7 Å². The lowest BCUT2D eigenvalue weighted by Crippen LogP contribution is -2.07. The Morgan fingerprint density at radius 2 is 2.30 bits per heavy atom. The van der Waals surface area contributed by atoms with Gasteiger partial charge in [0.15, 0.2) is 16.3 Å². The molecule has 0 saturated heterocycles. The van der Waals surface area contributed by atoms with E-state index in [-0.39, 0.29) is 5.82 Å². The smallest absolute Gasteiger partial charge is 0.232 e. The lowest BCUT2D eigenvalue weighted by atomic mass is 10.6. The number of nitrogen functional groups attached to an aromatic ring is 1. The number of nitrogens with two attached hydrogens (primary N) is 1. The van der Waals surface area contributed by atoms with E-state index in [1.54, 1.807) is 23.1 Å². The second-order valence-electron chi connectivity index (χ2n) is 4.13. The maximum absolute atomic E-state index is 11.0. The first-order valence-electron chi connectivity index (χ1n) is 5.85. The first-order valence-corrected chi connectivity index (χ1v) is 8.88. The lowest BCUT2D eigenvalue weighted by molar-refractivity contribution is 0.585. The maximum atomic E-state index is 11.0. The van der Waals surface area contributed by atoms with Crippen molar-refractivity contribution in [3.63, 3.8) is 0 Å². The zero-order valence-corrected chi connectivity index (χ0v) is 13.6. The van der Waals surface area contributed by atoms with Gasteiger partial charge in [0, 0.05) is 52.0 Å². The molecule has 1 atom stereocenters. The van der Waals surface area contributed by atoms with Gasteiger partial charge in [0.1, 0.15) is 0 Å². The quantitative estimate of drug-likeness (QED) is 0.583. The summed E-state index contributed by atoms with van der Waals surface area (Å²) < 4.78 is 18.4. The Kier molecular flexibility index (Phi) is 5.40. The molecule has 0 aliphatic carbocycles. The number of hydrogen-bond donors (Lipinski definition) is 2. The van der Waals surface area contributed by atoms with Crippen molar-refractivity contribution in [3.05, 3.63) is 11.1 Å². The predicted molar refractivity (Wildman–Crippen MR) is 86.2 cm³/mol. The van der Waals surface area contributed by atoms with Crippen LogP contribution in [0.25, 0.3) is 0 Å². The van der Waals surface area contributed by atoms with E-state index in [1.807, 2.05) is 25.2 Å². The van der Waals surface area contributed by atoms with Crippen LogP contribution in [0.5, 0.6) is 0 Å². The summed E-state index contributed by atoms with van der Waals surface area (Å²) >= 11 is 1.94. The highest BCUT2D eigenvalue weighted by molar-refractivity contribution is 7.98. The molecule has 0 radical (unpaired) electrons. The van der Waals surface area contributed by atoms with Crippen molar-refractivity contribution in [1.29, 1.82) is 0 Å². The number of anilines is 3. The molecule has 0 aliphatic rings. The van der Waals surface area contributed by atoms with E-state index in [0.717, 1.165) is 16.6 Å². The van der Waals surface area contributed by atoms with Crippen LogP contribution in [0.15, 0.2) is 6.20 Å². The highest BCUT2D eigenvalue weighted by atomic mass is 32.2. The number of nitrogens with one attached hydrogen (secondary N) is 1. The summed E-state index contributed by atoms with van der Waals surface area (Å²) in [6.07, 6.45) is 1.91. The molecule has 0 fully saturated rings. The summed E-state index contributed by atoms with van der Waals surface area (Å²) in [7, 11) is 3.97. The molecule has 0 bridgehead atoms. The Bertz CT molecular complexity index is 555. The third-order valence-corrected chi connectivity index (χ3v) is 5.34. The van der Waals surface area contributed by atoms with E-state index in [0.29, 0.717) is 12.4 Å². The number of aromatic nitrogens is 3. The topological polar surface area (TPSA) is 103 Å². The molecular weight excluding hydrogens is 316 g/mol. The Labute approximate surface area is 128 Å². The zero-order valence-electron chi connectivity index (χ0n) is 11.2. The number of thiazole rings is 1. The molecule has 0 spiro atoms. The van der Waals surface area contributed by atoms with E-state index < -0.39 is 11.1 Å². The molecule has 7 nitrogen and oxygen atoms in total. The summed E-state index contributed by atoms with van der Waals surface area (Å²) in [5.41, 5.74) is 5.55. The molecule has 20 heavy (non-hydrogen) atoms. The third kappa shape index (κ3) is 4.20. The Balaban J connectivity index is 1.67. The fourth-order valence-electron chi connectivity index (χ4n) is 1.38. The summed E-state index contributed by atoms with van der Waals surface area (Å²) in [6.45, 7) is 0.705. The lowest BCUT2D eigenvalue weighted by Gasteiger charge is -2.05. The second-order valence-corrected chi connectivity index (χ2v) is 7.16. The molecule has 0 aromatic carbocycles. The van der Waals surface area contributed by atoms with Gasteiger partial charge in [0.25, 0.3) is 0 Å². The maximum Gasteiger partial charge on any atom is 0.232 e. The van der Waals surface area contributed by atoms with Gasteiger partial charge in [0.2, 0.25) is 11.6 Å². The normalized spacial score (nSPS) is 11.7. The molecule has 2 rings (SSSR count). The molecule has 2 aromatic heterocycles. The Hall–Kier alpha value is -1.10. The van der Waals surface area contributed by atoms with Crippen LogP contribution in [-0.2, 0) is 5.75 Å². The summed E-state index contributed by atoms with van der Waals surface area (Å²) in [6, 6.07) is 0. The molecule has 1 unspecified atom stereocenters. The van der Waals surface area contributed by atoms with Crippen molar-refractivity contribution >= 4 is 51.0 Å². The SMILES string of the molecule is CN(C)c1ncc(CSCCNc2n[s+]([O-])nc2N)s1. The number of thioether (sulfide) groups is 1. The molecule has 0 amide bonds. The molecule has 10 heteroatoms. The molecule has 0 saturated carbocycles. The molecule has 2 aromatic rings. The fourth-order valence-corrected chi connectivity index (χ4v) is 3.77. The van der Waals surface area contributed by atoms with Crippen molar-refractivity contribution in [2.45, 2.75) is 5.75 Å². The predicted octanol–water partition coefficient (Wildman–Crippen LogP) is 1.65. The monoisotopic (exact) mass is 332 g/mol. The molecular formula is C10H16N6OS3. The minimum Gasteiger partial charge on any atom is -0.546 e. The molecule has 2 heterocycles. The van der Waals surface area contributed by atoms with Gasteiger partial charge in [-0.3, -0.25) is 0 Å². The van der Waals surface area contributed by atoms with Crippen LogP contribution in [0.3, 0.4) is 0 Å². The van der Waals surface area contributed by atoms with Crippen molar-refractivity contribution in [2.24, 2.45) is 0 Å². The van der Waals surface area contributed by atoms with E-state index in [9.17, 15) is 4.55 Å². The number of nitrogens with zero attached hydrogens (tertiary/aromatic N) is 4. The van der Waals surface area contributed by atoms with Crippen molar-refractivity contribution in [2.75, 3.05) is 42.3 Å². The Morgan fingerprint density at radius 3 is 2.90 bits per heavy atom. The second kappa shape index (κ2) is 7.07. The van der Waals surface area contributed by atoms with Gasteiger partial charge in [-0.15, -0.1) is 11.3 Å². The van der Waals surface area contributed by atoms with E-state index in [2.05, 4.69) is 19.0 Å². The zero-order chi connectivity index (χ0) is 14.5. The number of hydrogen-bond acceptors (Lipinski definition) is 9. The highest BCUT2D eigenvalue weighted by Crippen LogP contribution is 2.24. The van der Waals surface area contributed by atoms with E-state index in [4.69, 9.17) is 5.73 Å². The van der Waals surface area contributed by atoms with Gasteiger partial charge in [-0.2, -0.15) is 11.8 Å². The van der Waals surface area contributed by atoms with Crippen LogP contribution >= 0.6 is 34.2 Å². The molecule has 3 N–H and O–H groups in total. The minimum absolute atomic E-state index is 0.214. The van der Waals surface area contributed by atoms with E-state index >= 15 is 0 Å². The minimum atomic E-state index is -1.55.